The van der Waals surface area contributed by atoms with Gasteiger partial charge < -0.3 is 10.1 Å². The van der Waals surface area contributed by atoms with Crippen LogP contribution in [0.25, 0.3) is 10.8 Å². The second-order valence-corrected chi connectivity index (χ2v) is 7.11. The van der Waals surface area contributed by atoms with Gasteiger partial charge in [0.15, 0.2) is 0 Å². The SMILES string of the molecule is COc1ccc2ccccc2c1C1Nc2ccc(F)cc2C2C=CCC21. The number of benzene rings is 3. The molecule has 26 heavy (non-hydrogen) atoms. The Morgan fingerprint density at radius 3 is 2.85 bits per heavy atom. The van der Waals surface area contributed by atoms with Gasteiger partial charge >= 0.3 is 0 Å². The van der Waals surface area contributed by atoms with Crippen LogP contribution in [-0.4, -0.2) is 7.11 Å². The molecule has 0 bridgehead atoms. The Hall–Kier alpha value is -2.81. The molecule has 0 amide bonds. The normalized spacial score (nSPS) is 23.4. The monoisotopic (exact) mass is 345 g/mol. The molecule has 2 aliphatic rings. The quantitative estimate of drug-likeness (QED) is 0.591. The van der Waals surface area contributed by atoms with E-state index in [0.29, 0.717) is 5.92 Å². The van der Waals surface area contributed by atoms with Crippen LogP contribution in [0.3, 0.4) is 0 Å². The topological polar surface area (TPSA) is 21.3 Å². The van der Waals surface area contributed by atoms with E-state index in [-0.39, 0.29) is 17.8 Å². The van der Waals surface area contributed by atoms with Gasteiger partial charge in [-0.25, -0.2) is 4.39 Å². The van der Waals surface area contributed by atoms with Gasteiger partial charge in [-0.15, -0.1) is 0 Å². The van der Waals surface area contributed by atoms with Crippen molar-refractivity contribution in [1.29, 1.82) is 0 Å². The van der Waals surface area contributed by atoms with E-state index in [1.54, 1.807) is 13.2 Å². The van der Waals surface area contributed by atoms with E-state index in [9.17, 15) is 4.39 Å². The molecule has 1 aliphatic heterocycles. The fourth-order valence-corrected chi connectivity index (χ4v) is 4.63. The van der Waals surface area contributed by atoms with E-state index in [1.165, 1.54) is 22.4 Å². The molecule has 3 atom stereocenters. The summed E-state index contributed by atoms with van der Waals surface area (Å²) >= 11 is 0. The first-order valence-corrected chi connectivity index (χ1v) is 9.04. The third kappa shape index (κ3) is 2.23. The molecule has 2 nitrogen and oxygen atoms in total. The van der Waals surface area contributed by atoms with Gasteiger partial charge in [0, 0.05) is 17.2 Å². The molecule has 3 unspecified atom stereocenters. The summed E-state index contributed by atoms with van der Waals surface area (Å²) in [6.07, 6.45) is 5.43. The van der Waals surface area contributed by atoms with Crippen molar-refractivity contribution < 1.29 is 9.13 Å². The Kier molecular flexibility index (Phi) is 3.49. The molecule has 1 N–H and O–H groups in total. The maximum absolute atomic E-state index is 13.8. The van der Waals surface area contributed by atoms with Crippen molar-refractivity contribution >= 4 is 16.5 Å². The summed E-state index contributed by atoms with van der Waals surface area (Å²) in [5.41, 5.74) is 3.26. The molecule has 0 radical (unpaired) electrons. The van der Waals surface area contributed by atoms with Gasteiger partial charge in [0.05, 0.1) is 13.2 Å². The van der Waals surface area contributed by atoms with Crippen LogP contribution in [0.5, 0.6) is 5.75 Å². The van der Waals surface area contributed by atoms with Gasteiger partial charge in [-0.05, 0) is 52.9 Å². The molecule has 3 aromatic rings. The van der Waals surface area contributed by atoms with Crippen molar-refractivity contribution in [2.24, 2.45) is 5.92 Å². The molecule has 0 aromatic heterocycles. The minimum Gasteiger partial charge on any atom is -0.496 e. The summed E-state index contributed by atoms with van der Waals surface area (Å²) in [6.45, 7) is 0. The lowest BCUT2D eigenvalue weighted by Crippen LogP contribution is -2.29. The van der Waals surface area contributed by atoms with Gasteiger partial charge in [0.1, 0.15) is 11.6 Å². The third-order valence-corrected chi connectivity index (χ3v) is 5.79. The average molecular weight is 345 g/mol. The summed E-state index contributed by atoms with van der Waals surface area (Å²) < 4.78 is 19.6. The van der Waals surface area contributed by atoms with Crippen LogP contribution < -0.4 is 10.1 Å². The van der Waals surface area contributed by atoms with E-state index >= 15 is 0 Å². The van der Waals surface area contributed by atoms with Gasteiger partial charge in [0.25, 0.3) is 0 Å². The predicted octanol–water partition coefficient (Wildman–Crippen LogP) is 5.81. The first-order chi connectivity index (χ1) is 12.8. The molecule has 1 aliphatic carbocycles. The fraction of sp³-hybridized carbons (Fsp3) is 0.217. The number of rotatable bonds is 2. The number of fused-ring (bicyclic) bond motifs is 4. The smallest absolute Gasteiger partial charge is 0.124 e. The second-order valence-electron chi connectivity index (χ2n) is 7.11. The van der Waals surface area contributed by atoms with Crippen LogP contribution in [0.2, 0.25) is 0 Å². The highest BCUT2D eigenvalue weighted by atomic mass is 19.1. The number of nitrogens with one attached hydrogen (secondary N) is 1. The number of allylic oxidation sites excluding steroid dienone is 2. The average Bonchev–Trinajstić information content (AvgIpc) is 3.17. The third-order valence-electron chi connectivity index (χ3n) is 5.79. The second kappa shape index (κ2) is 5.87. The number of hydrogen-bond acceptors (Lipinski definition) is 2. The molecule has 0 spiro atoms. The summed E-state index contributed by atoms with van der Waals surface area (Å²) in [5.74, 6) is 1.31. The molecule has 5 rings (SSSR count). The first-order valence-electron chi connectivity index (χ1n) is 9.04. The molecule has 0 fully saturated rings. The molecule has 130 valence electrons. The number of halogens is 1. The van der Waals surface area contributed by atoms with Crippen molar-refractivity contribution in [1.82, 2.24) is 0 Å². The van der Waals surface area contributed by atoms with Crippen molar-refractivity contribution in [3.8, 4) is 5.75 Å². The molecule has 1 heterocycles. The van der Waals surface area contributed by atoms with E-state index in [1.807, 2.05) is 6.07 Å². The van der Waals surface area contributed by atoms with Gasteiger partial charge in [-0.2, -0.15) is 0 Å². The van der Waals surface area contributed by atoms with Crippen LogP contribution in [0, 0.1) is 11.7 Å². The Morgan fingerprint density at radius 1 is 1.08 bits per heavy atom. The summed E-state index contributed by atoms with van der Waals surface area (Å²) in [5, 5.41) is 6.11. The van der Waals surface area contributed by atoms with E-state index < -0.39 is 0 Å². The van der Waals surface area contributed by atoms with Crippen molar-refractivity contribution in [3.05, 3.63) is 83.7 Å². The summed E-state index contributed by atoms with van der Waals surface area (Å²) in [4.78, 5) is 0. The first kappa shape index (κ1) is 15.4. The summed E-state index contributed by atoms with van der Waals surface area (Å²) in [7, 11) is 1.73. The minimum atomic E-state index is -0.175. The van der Waals surface area contributed by atoms with Gasteiger partial charge in [-0.1, -0.05) is 42.5 Å². The van der Waals surface area contributed by atoms with Crippen molar-refractivity contribution in [2.75, 3.05) is 12.4 Å². The highest BCUT2D eigenvalue weighted by Crippen LogP contribution is 2.52. The van der Waals surface area contributed by atoms with Gasteiger partial charge in [0.2, 0.25) is 0 Å². The standard InChI is InChI=1S/C23H20FNO/c1-26-21-12-9-14-5-2-3-6-16(14)22(21)23-18-8-4-7-17(18)19-13-15(24)10-11-20(19)25-23/h2-7,9-13,17-18,23,25H,8H2,1H3. The predicted molar refractivity (Wildman–Crippen MR) is 103 cm³/mol. The lowest BCUT2D eigenvalue weighted by atomic mass is 9.76. The fourth-order valence-electron chi connectivity index (χ4n) is 4.63. The van der Waals surface area contributed by atoms with Crippen LogP contribution in [0.1, 0.15) is 29.5 Å². The Morgan fingerprint density at radius 2 is 1.96 bits per heavy atom. The number of anilines is 1. The Bertz CT molecular complexity index is 1030. The summed E-state index contributed by atoms with van der Waals surface area (Å²) in [6, 6.07) is 17.8. The van der Waals surface area contributed by atoms with E-state index in [2.05, 4.69) is 53.9 Å². The lowest BCUT2D eigenvalue weighted by Gasteiger charge is -2.38. The highest BCUT2D eigenvalue weighted by molar-refractivity contribution is 5.89. The molecule has 0 saturated heterocycles. The lowest BCUT2D eigenvalue weighted by molar-refractivity contribution is 0.383. The van der Waals surface area contributed by atoms with Crippen molar-refractivity contribution in [3.63, 3.8) is 0 Å². The van der Waals surface area contributed by atoms with E-state index in [4.69, 9.17) is 4.74 Å². The van der Waals surface area contributed by atoms with Gasteiger partial charge in [-0.3, -0.25) is 0 Å². The molecular weight excluding hydrogens is 325 g/mol. The van der Waals surface area contributed by atoms with Crippen molar-refractivity contribution in [2.45, 2.75) is 18.4 Å². The maximum Gasteiger partial charge on any atom is 0.124 e. The van der Waals surface area contributed by atoms with E-state index in [0.717, 1.165) is 23.4 Å². The highest BCUT2D eigenvalue weighted by Gasteiger charge is 2.39. The van der Waals surface area contributed by atoms with Crippen LogP contribution in [0.4, 0.5) is 10.1 Å². The number of ether oxygens (including phenoxy) is 1. The zero-order valence-corrected chi connectivity index (χ0v) is 14.6. The molecule has 0 saturated carbocycles. The largest absolute Gasteiger partial charge is 0.496 e. The van der Waals surface area contributed by atoms with Crippen LogP contribution in [0.15, 0.2) is 66.7 Å². The number of methoxy groups -OCH3 is 1. The minimum absolute atomic E-state index is 0.119. The zero-order valence-electron chi connectivity index (χ0n) is 14.6. The molecule has 3 aromatic carbocycles. The Labute approximate surface area is 152 Å². The van der Waals surface area contributed by atoms with Crippen LogP contribution >= 0.6 is 0 Å². The Balaban J connectivity index is 1.72. The zero-order chi connectivity index (χ0) is 17.7. The van der Waals surface area contributed by atoms with Crippen LogP contribution in [-0.2, 0) is 0 Å². The number of hydrogen-bond donors (Lipinski definition) is 1. The molecular formula is C23H20FNO. The molecule has 3 heteroatoms. The maximum atomic E-state index is 13.8.